The van der Waals surface area contributed by atoms with Gasteiger partial charge in [0.25, 0.3) is 0 Å². The van der Waals surface area contributed by atoms with E-state index in [9.17, 15) is 4.79 Å². The highest BCUT2D eigenvalue weighted by molar-refractivity contribution is 5.88. The Morgan fingerprint density at radius 3 is 2.88 bits per heavy atom. The second kappa shape index (κ2) is 5.66. The molecule has 1 aromatic rings. The van der Waals surface area contributed by atoms with Gasteiger partial charge in [-0.25, -0.2) is 9.78 Å². The van der Waals surface area contributed by atoms with Crippen molar-refractivity contribution in [2.24, 2.45) is 5.92 Å². The highest BCUT2D eigenvalue weighted by Crippen LogP contribution is 2.23. The van der Waals surface area contributed by atoms with Gasteiger partial charge in [-0.15, -0.1) is 0 Å². The van der Waals surface area contributed by atoms with E-state index in [1.54, 1.807) is 12.3 Å². The van der Waals surface area contributed by atoms with Gasteiger partial charge in [0.15, 0.2) is 0 Å². The molecule has 2 N–H and O–H groups in total. The first kappa shape index (κ1) is 11.9. The summed E-state index contributed by atoms with van der Waals surface area (Å²) in [7, 11) is 0. The standard InChI is InChI=1S/C13H19N3O/c1-10-6-2-3-7-11(10)15-13(17)16-12-8-4-5-9-14-12/h4-5,8-11H,2-3,6-7H2,1H3,(H2,14,15,16,17)/t10-,11-/m0/s1. The third-order valence-electron chi connectivity index (χ3n) is 3.33. The maximum absolute atomic E-state index is 11.8. The number of pyridine rings is 1. The summed E-state index contributed by atoms with van der Waals surface area (Å²) < 4.78 is 0. The topological polar surface area (TPSA) is 54.0 Å². The van der Waals surface area contributed by atoms with Crippen LogP contribution in [0.25, 0.3) is 0 Å². The monoisotopic (exact) mass is 233 g/mol. The molecule has 1 saturated carbocycles. The van der Waals surface area contributed by atoms with E-state index in [1.807, 2.05) is 12.1 Å². The van der Waals surface area contributed by atoms with Crippen LogP contribution in [0.4, 0.5) is 10.6 Å². The predicted molar refractivity (Wildman–Crippen MR) is 67.8 cm³/mol. The Morgan fingerprint density at radius 1 is 1.35 bits per heavy atom. The van der Waals surface area contributed by atoms with Crippen molar-refractivity contribution in [3.63, 3.8) is 0 Å². The maximum Gasteiger partial charge on any atom is 0.320 e. The summed E-state index contributed by atoms with van der Waals surface area (Å²) in [6.45, 7) is 2.20. The molecule has 0 unspecified atom stereocenters. The van der Waals surface area contributed by atoms with E-state index < -0.39 is 0 Å². The molecule has 0 spiro atoms. The molecule has 4 heteroatoms. The van der Waals surface area contributed by atoms with Crippen molar-refractivity contribution >= 4 is 11.8 Å². The third-order valence-corrected chi connectivity index (χ3v) is 3.33. The number of aromatic nitrogens is 1. The van der Waals surface area contributed by atoms with Crippen LogP contribution in [0.3, 0.4) is 0 Å². The predicted octanol–water partition coefficient (Wildman–Crippen LogP) is 2.78. The van der Waals surface area contributed by atoms with Crippen LogP contribution in [0.2, 0.25) is 0 Å². The number of nitrogens with zero attached hydrogens (tertiary/aromatic N) is 1. The summed E-state index contributed by atoms with van der Waals surface area (Å²) in [5, 5.41) is 5.78. The summed E-state index contributed by atoms with van der Waals surface area (Å²) in [5.74, 6) is 1.16. The molecule has 1 aliphatic rings. The Kier molecular flexibility index (Phi) is 3.96. The molecule has 0 aromatic carbocycles. The second-order valence-electron chi connectivity index (χ2n) is 4.68. The molecule has 1 fully saturated rings. The minimum Gasteiger partial charge on any atom is -0.335 e. The van der Waals surface area contributed by atoms with Crippen LogP contribution in [0.15, 0.2) is 24.4 Å². The van der Waals surface area contributed by atoms with Gasteiger partial charge >= 0.3 is 6.03 Å². The number of hydrogen-bond donors (Lipinski definition) is 2. The van der Waals surface area contributed by atoms with Gasteiger partial charge in [-0.1, -0.05) is 25.8 Å². The molecular formula is C13H19N3O. The van der Waals surface area contributed by atoms with Gasteiger partial charge in [0.05, 0.1) is 0 Å². The molecule has 1 aromatic heterocycles. The average Bonchev–Trinajstić information content (AvgIpc) is 2.33. The number of carbonyl (C=O) groups is 1. The number of rotatable bonds is 2. The molecule has 1 aliphatic carbocycles. The van der Waals surface area contributed by atoms with Crippen LogP contribution in [0.1, 0.15) is 32.6 Å². The third kappa shape index (κ3) is 3.44. The van der Waals surface area contributed by atoms with Crippen molar-refractivity contribution in [1.82, 2.24) is 10.3 Å². The van der Waals surface area contributed by atoms with Crippen LogP contribution < -0.4 is 10.6 Å². The molecule has 0 bridgehead atoms. The van der Waals surface area contributed by atoms with Gasteiger partial charge in [-0.2, -0.15) is 0 Å². The number of hydrogen-bond acceptors (Lipinski definition) is 2. The molecule has 1 heterocycles. The zero-order valence-corrected chi connectivity index (χ0v) is 10.1. The molecule has 2 rings (SSSR count). The van der Waals surface area contributed by atoms with Crippen molar-refractivity contribution in [1.29, 1.82) is 0 Å². The Bertz CT molecular complexity index is 366. The molecule has 92 valence electrons. The quantitative estimate of drug-likeness (QED) is 0.825. The van der Waals surface area contributed by atoms with Crippen LogP contribution in [0, 0.1) is 5.92 Å². The number of urea groups is 1. The lowest BCUT2D eigenvalue weighted by atomic mass is 9.86. The van der Waals surface area contributed by atoms with Crippen LogP contribution in [-0.4, -0.2) is 17.1 Å². The zero-order chi connectivity index (χ0) is 12.1. The highest BCUT2D eigenvalue weighted by atomic mass is 16.2. The summed E-state index contributed by atoms with van der Waals surface area (Å²) in [6.07, 6.45) is 6.43. The molecule has 2 amide bonds. The lowest BCUT2D eigenvalue weighted by Gasteiger charge is -2.29. The fraction of sp³-hybridized carbons (Fsp3) is 0.538. The van der Waals surface area contributed by atoms with Crippen LogP contribution >= 0.6 is 0 Å². The van der Waals surface area contributed by atoms with Crippen LogP contribution in [0.5, 0.6) is 0 Å². The first-order valence-corrected chi connectivity index (χ1v) is 6.24. The van der Waals surface area contributed by atoms with Crippen molar-refractivity contribution in [2.45, 2.75) is 38.6 Å². The fourth-order valence-electron chi connectivity index (χ4n) is 2.29. The molecule has 0 aliphatic heterocycles. The van der Waals surface area contributed by atoms with E-state index in [2.05, 4.69) is 22.5 Å². The normalized spacial score (nSPS) is 24.1. The van der Waals surface area contributed by atoms with Gasteiger partial charge in [-0.3, -0.25) is 5.32 Å². The average molecular weight is 233 g/mol. The highest BCUT2D eigenvalue weighted by Gasteiger charge is 2.22. The Hall–Kier alpha value is -1.58. The van der Waals surface area contributed by atoms with E-state index in [4.69, 9.17) is 0 Å². The Labute approximate surface area is 102 Å². The van der Waals surface area contributed by atoms with E-state index >= 15 is 0 Å². The van der Waals surface area contributed by atoms with Crippen LogP contribution in [-0.2, 0) is 0 Å². The van der Waals surface area contributed by atoms with E-state index in [1.165, 1.54) is 19.3 Å². The fourth-order valence-corrected chi connectivity index (χ4v) is 2.29. The largest absolute Gasteiger partial charge is 0.335 e. The molecular weight excluding hydrogens is 214 g/mol. The number of nitrogens with one attached hydrogen (secondary N) is 2. The first-order valence-electron chi connectivity index (χ1n) is 6.24. The maximum atomic E-state index is 11.8. The number of carbonyl (C=O) groups excluding carboxylic acids is 1. The van der Waals surface area contributed by atoms with Gasteiger partial charge in [0.2, 0.25) is 0 Å². The smallest absolute Gasteiger partial charge is 0.320 e. The van der Waals surface area contributed by atoms with Gasteiger partial charge in [0.1, 0.15) is 5.82 Å². The van der Waals surface area contributed by atoms with Gasteiger partial charge in [0, 0.05) is 12.2 Å². The Morgan fingerprint density at radius 2 is 2.18 bits per heavy atom. The zero-order valence-electron chi connectivity index (χ0n) is 10.1. The molecule has 4 nitrogen and oxygen atoms in total. The SMILES string of the molecule is C[C@H]1CCCC[C@@H]1NC(=O)Nc1ccccn1. The second-order valence-corrected chi connectivity index (χ2v) is 4.68. The van der Waals surface area contributed by atoms with Gasteiger partial charge in [-0.05, 0) is 30.9 Å². The number of anilines is 1. The molecule has 0 saturated heterocycles. The van der Waals surface area contributed by atoms with Crippen molar-refractivity contribution in [3.05, 3.63) is 24.4 Å². The van der Waals surface area contributed by atoms with E-state index in [0.717, 1.165) is 6.42 Å². The summed E-state index contributed by atoms with van der Waals surface area (Å²) >= 11 is 0. The lowest BCUT2D eigenvalue weighted by molar-refractivity contribution is 0.232. The molecule has 0 radical (unpaired) electrons. The summed E-state index contributed by atoms with van der Waals surface area (Å²) in [4.78, 5) is 15.8. The Balaban J connectivity index is 1.84. The lowest BCUT2D eigenvalue weighted by Crippen LogP contribution is -2.43. The van der Waals surface area contributed by atoms with Crippen molar-refractivity contribution in [3.8, 4) is 0 Å². The minimum absolute atomic E-state index is 0.151. The minimum atomic E-state index is -0.151. The summed E-state index contributed by atoms with van der Waals surface area (Å²) in [6, 6.07) is 5.61. The first-order chi connectivity index (χ1) is 8.25. The summed E-state index contributed by atoms with van der Waals surface area (Å²) in [5.41, 5.74) is 0. The molecule has 2 atom stereocenters. The van der Waals surface area contributed by atoms with E-state index in [0.29, 0.717) is 17.8 Å². The number of amides is 2. The molecule has 17 heavy (non-hydrogen) atoms. The van der Waals surface area contributed by atoms with Crippen molar-refractivity contribution < 1.29 is 4.79 Å². The van der Waals surface area contributed by atoms with Crippen molar-refractivity contribution in [2.75, 3.05) is 5.32 Å². The van der Waals surface area contributed by atoms with E-state index in [-0.39, 0.29) is 6.03 Å². The van der Waals surface area contributed by atoms with Gasteiger partial charge < -0.3 is 5.32 Å².